The van der Waals surface area contributed by atoms with Crippen molar-refractivity contribution in [2.24, 2.45) is 0 Å². The number of nitrogens with zero attached hydrogens (tertiary/aromatic N) is 2. The van der Waals surface area contributed by atoms with Gasteiger partial charge in [0.05, 0.1) is 22.8 Å². The Kier molecular flexibility index (Phi) is 6.68. The molecule has 1 aromatic heterocycles. The third kappa shape index (κ3) is 4.73. The van der Waals surface area contributed by atoms with Gasteiger partial charge in [-0.25, -0.2) is 4.98 Å². The van der Waals surface area contributed by atoms with E-state index in [0.29, 0.717) is 0 Å². The van der Waals surface area contributed by atoms with E-state index in [0.717, 1.165) is 58.5 Å². The first-order valence-electron chi connectivity index (χ1n) is 12.3. The van der Waals surface area contributed by atoms with E-state index in [1.807, 2.05) is 67.6 Å². The van der Waals surface area contributed by atoms with Crippen LogP contribution in [0.4, 0.5) is 0 Å². The number of rotatable bonds is 6. The highest BCUT2D eigenvalue weighted by Crippen LogP contribution is 2.32. The number of likely N-dealkylation sites (tertiary alicyclic amines) is 1. The highest BCUT2D eigenvalue weighted by Gasteiger charge is 2.25. The fraction of sp³-hybridized carbons (Fsp3) is 0.267. The SMILES string of the molecule is CC(NC(=O)c1c(CN2CCCCC2)c(-c2ccccc2)nc2ccccc12)c1ccccc1. The zero-order valence-electron chi connectivity index (χ0n) is 19.7. The summed E-state index contributed by atoms with van der Waals surface area (Å²) in [6.45, 7) is 4.88. The lowest BCUT2D eigenvalue weighted by Gasteiger charge is -2.29. The van der Waals surface area contributed by atoms with Gasteiger partial charge in [-0.05, 0) is 44.5 Å². The molecule has 1 atom stereocenters. The van der Waals surface area contributed by atoms with Crippen LogP contribution in [0.25, 0.3) is 22.2 Å². The Bertz CT molecular complexity index is 1260. The molecule has 1 aliphatic heterocycles. The molecule has 34 heavy (non-hydrogen) atoms. The maximum absolute atomic E-state index is 13.9. The van der Waals surface area contributed by atoms with Crippen molar-refractivity contribution in [2.45, 2.75) is 38.8 Å². The predicted octanol–water partition coefficient (Wildman–Crippen LogP) is 6.38. The van der Waals surface area contributed by atoms with Crippen LogP contribution in [0.2, 0.25) is 0 Å². The highest BCUT2D eigenvalue weighted by atomic mass is 16.1. The highest BCUT2D eigenvalue weighted by molar-refractivity contribution is 6.09. The number of amides is 1. The van der Waals surface area contributed by atoms with Gasteiger partial charge in [0.1, 0.15) is 0 Å². The van der Waals surface area contributed by atoms with E-state index in [1.54, 1.807) is 0 Å². The molecule has 4 aromatic rings. The summed E-state index contributed by atoms with van der Waals surface area (Å²) in [6.07, 6.45) is 3.68. The van der Waals surface area contributed by atoms with E-state index in [4.69, 9.17) is 4.98 Å². The van der Waals surface area contributed by atoms with E-state index >= 15 is 0 Å². The first-order chi connectivity index (χ1) is 16.7. The van der Waals surface area contributed by atoms with E-state index in [2.05, 4.69) is 34.5 Å². The smallest absolute Gasteiger partial charge is 0.252 e. The quantitative estimate of drug-likeness (QED) is 0.372. The number of fused-ring (bicyclic) bond motifs is 1. The number of hydrogen-bond acceptors (Lipinski definition) is 3. The van der Waals surface area contributed by atoms with Crippen molar-refractivity contribution >= 4 is 16.8 Å². The predicted molar refractivity (Wildman–Crippen MR) is 139 cm³/mol. The van der Waals surface area contributed by atoms with Crippen LogP contribution in [-0.2, 0) is 6.54 Å². The van der Waals surface area contributed by atoms with Crippen LogP contribution in [0.5, 0.6) is 0 Å². The van der Waals surface area contributed by atoms with Gasteiger partial charge in [0.15, 0.2) is 0 Å². The van der Waals surface area contributed by atoms with Crippen LogP contribution < -0.4 is 5.32 Å². The minimum Gasteiger partial charge on any atom is -0.345 e. The third-order valence-electron chi connectivity index (χ3n) is 6.75. The van der Waals surface area contributed by atoms with Crippen molar-refractivity contribution in [2.75, 3.05) is 13.1 Å². The molecule has 4 nitrogen and oxygen atoms in total. The largest absolute Gasteiger partial charge is 0.345 e. The normalized spacial score (nSPS) is 15.2. The minimum atomic E-state index is -0.0939. The van der Waals surface area contributed by atoms with Crippen LogP contribution in [0.15, 0.2) is 84.9 Å². The van der Waals surface area contributed by atoms with Gasteiger partial charge in [-0.15, -0.1) is 0 Å². The monoisotopic (exact) mass is 449 g/mol. The van der Waals surface area contributed by atoms with Crippen molar-refractivity contribution in [1.29, 1.82) is 0 Å². The summed E-state index contributed by atoms with van der Waals surface area (Å²) >= 11 is 0. The van der Waals surface area contributed by atoms with E-state index in [-0.39, 0.29) is 11.9 Å². The Morgan fingerprint density at radius 3 is 2.26 bits per heavy atom. The fourth-order valence-electron chi connectivity index (χ4n) is 4.93. The van der Waals surface area contributed by atoms with Gasteiger partial charge in [0.2, 0.25) is 0 Å². The number of carbonyl (C=O) groups excluding carboxylic acids is 1. The number of carbonyl (C=O) groups is 1. The van der Waals surface area contributed by atoms with Crippen molar-refractivity contribution in [3.8, 4) is 11.3 Å². The summed E-state index contributed by atoms with van der Waals surface area (Å²) in [5.41, 5.74) is 5.66. The molecule has 1 unspecified atom stereocenters. The Labute approximate surface area is 201 Å². The molecule has 1 aliphatic rings. The van der Waals surface area contributed by atoms with Gasteiger partial charge in [0, 0.05) is 23.1 Å². The first-order valence-corrected chi connectivity index (χ1v) is 12.3. The number of para-hydroxylation sites is 1. The summed E-state index contributed by atoms with van der Waals surface area (Å²) in [6, 6.07) is 28.3. The Morgan fingerprint density at radius 2 is 1.53 bits per heavy atom. The number of benzene rings is 3. The molecule has 1 amide bonds. The Morgan fingerprint density at radius 1 is 0.882 bits per heavy atom. The molecule has 1 N–H and O–H groups in total. The Balaban J connectivity index is 1.64. The van der Waals surface area contributed by atoms with Crippen LogP contribution >= 0.6 is 0 Å². The summed E-state index contributed by atoms with van der Waals surface area (Å²) in [5.74, 6) is -0.0425. The number of pyridine rings is 1. The van der Waals surface area contributed by atoms with E-state index < -0.39 is 0 Å². The molecule has 1 saturated heterocycles. The molecule has 0 saturated carbocycles. The maximum atomic E-state index is 13.9. The van der Waals surface area contributed by atoms with Crippen molar-refractivity contribution in [1.82, 2.24) is 15.2 Å². The summed E-state index contributed by atoms with van der Waals surface area (Å²) in [4.78, 5) is 21.5. The zero-order valence-corrected chi connectivity index (χ0v) is 19.7. The number of aromatic nitrogens is 1. The van der Waals surface area contributed by atoms with Gasteiger partial charge in [-0.1, -0.05) is 85.3 Å². The number of hydrogen-bond donors (Lipinski definition) is 1. The lowest BCUT2D eigenvalue weighted by Crippen LogP contribution is -2.32. The van der Waals surface area contributed by atoms with Gasteiger partial charge in [-0.2, -0.15) is 0 Å². The molecule has 172 valence electrons. The van der Waals surface area contributed by atoms with Gasteiger partial charge >= 0.3 is 0 Å². The molecule has 2 heterocycles. The standard InChI is InChI=1S/C30H31N3O/c1-22(23-13-5-2-6-14-23)31-30(34)28-25-17-9-10-18-27(25)32-29(24-15-7-3-8-16-24)26(28)21-33-19-11-4-12-20-33/h2-3,5-10,13-18,22H,4,11-12,19-21H2,1H3,(H,31,34). The van der Waals surface area contributed by atoms with Crippen molar-refractivity contribution in [3.05, 3.63) is 102 Å². The molecule has 1 fully saturated rings. The molecule has 0 radical (unpaired) electrons. The van der Waals surface area contributed by atoms with Crippen molar-refractivity contribution < 1.29 is 4.79 Å². The lowest BCUT2D eigenvalue weighted by molar-refractivity contribution is 0.0939. The summed E-state index contributed by atoms with van der Waals surface area (Å²) in [5, 5.41) is 4.18. The second kappa shape index (κ2) is 10.2. The second-order valence-corrected chi connectivity index (χ2v) is 9.14. The van der Waals surface area contributed by atoms with Gasteiger partial charge in [-0.3, -0.25) is 9.69 Å². The van der Waals surface area contributed by atoms with Crippen LogP contribution in [-0.4, -0.2) is 28.9 Å². The number of nitrogens with one attached hydrogen (secondary N) is 1. The molecule has 3 aromatic carbocycles. The van der Waals surface area contributed by atoms with Crippen LogP contribution in [0.1, 0.15) is 53.7 Å². The summed E-state index contributed by atoms with van der Waals surface area (Å²) in [7, 11) is 0. The van der Waals surface area contributed by atoms with E-state index in [9.17, 15) is 4.79 Å². The van der Waals surface area contributed by atoms with Crippen LogP contribution in [0.3, 0.4) is 0 Å². The third-order valence-corrected chi connectivity index (χ3v) is 6.75. The molecular weight excluding hydrogens is 418 g/mol. The maximum Gasteiger partial charge on any atom is 0.252 e. The molecule has 0 spiro atoms. The molecule has 0 bridgehead atoms. The first kappa shape index (κ1) is 22.3. The summed E-state index contributed by atoms with van der Waals surface area (Å²) < 4.78 is 0. The fourth-order valence-corrected chi connectivity index (χ4v) is 4.93. The van der Waals surface area contributed by atoms with Crippen molar-refractivity contribution in [3.63, 3.8) is 0 Å². The minimum absolute atomic E-state index is 0.0425. The number of piperidine rings is 1. The topological polar surface area (TPSA) is 45.2 Å². The Hall–Kier alpha value is -3.50. The average molecular weight is 450 g/mol. The second-order valence-electron chi connectivity index (χ2n) is 9.14. The van der Waals surface area contributed by atoms with E-state index in [1.165, 1.54) is 19.3 Å². The average Bonchev–Trinajstić information content (AvgIpc) is 2.89. The molecule has 0 aliphatic carbocycles. The zero-order chi connectivity index (χ0) is 23.3. The lowest BCUT2D eigenvalue weighted by atomic mass is 9.94. The molecular formula is C30H31N3O. The van der Waals surface area contributed by atoms with Crippen LogP contribution in [0, 0.1) is 0 Å². The molecule has 4 heteroatoms. The van der Waals surface area contributed by atoms with Gasteiger partial charge in [0.25, 0.3) is 5.91 Å². The molecule has 5 rings (SSSR count). The van der Waals surface area contributed by atoms with Gasteiger partial charge < -0.3 is 5.32 Å².